The van der Waals surface area contributed by atoms with Gasteiger partial charge in [-0.25, -0.2) is 0 Å². The summed E-state index contributed by atoms with van der Waals surface area (Å²) in [5.41, 5.74) is 7.50. The Kier molecular flexibility index (Phi) is 5.33. The lowest BCUT2D eigenvalue weighted by molar-refractivity contribution is 0.149. The van der Waals surface area contributed by atoms with Crippen molar-refractivity contribution >= 4 is 11.4 Å². The highest BCUT2D eigenvalue weighted by molar-refractivity contribution is 5.65. The molecule has 0 bridgehead atoms. The van der Waals surface area contributed by atoms with E-state index in [2.05, 4.69) is 11.9 Å². The average molecular weight is 206 g/mol. The van der Waals surface area contributed by atoms with E-state index in [1.54, 1.807) is 0 Å². The van der Waals surface area contributed by atoms with Crippen LogP contribution in [0, 0.1) is 0 Å². The van der Waals surface area contributed by atoms with Crippen molar-refractivity contribution in [3.8, 4) is 0 Å². The van der Waals surface area contributed by atoms with E-state index in [-0.39, 0.29) is 0 Å². The van der Waals surface area contributed by atoms with Crippen LogP contribution in [0.5, 0.6) is 0 Å². The summed E-state index contributed by atoms with van der Waals surface area (Å²) in [6.07, 6.45) is 2.75. The van der Waals surface area contributed by atoms with Gasteiger partial charge in [0.15, 0.2) is 0 Å². The summed E-state index contributed by atoms with van der Waals surface area (Å²) in [5.74, 6) is 0. The molecule has 0 heterocycles. The predicted molar refractivity (Wildman–Crippen MR) is 65.0 cm³/mol. The molecule has 0 fully saturated rings. The van der Waals surface area contributed by atoms with Crippen LogP contribution in [-0.2, 0) is 4.74 Å². The molecular formula is C12H18N2O. The van der Waals surface area contributed by atoms with Crippen molar-refractivity contribution in [1.82, 2.24) is 0 Å². The molecule has 0 atom stereocenters. The van der Waals surface area contributed by atoms with Crippen molar-refractivity contribution in [2.45, 2.75) is 6.42 Å². The molecule has 15 heavy (non-hydrogen) atoms. The van der Waals surface area contributed by atoms with Gasteiger partial charge in [-0.2, -0.15) is 0 Å². The van der Waals surface area contributed by atoms with Gasteiger partial charge in [0, 0.05) is 6.54 Å². The summed E-state index contributed by atoms with van der Waals surface area (Å²) >= 11 is 0. The zero-order valence-corrected chi connectivity index (χ0v) is 8.91. The summed E-state index contributed by atoms with van der Waals surface area (Å²) in [6.45, 7) is 5.81. The molecule has 0 aliphatic rings. The van der Waals surface area contributed by atoms with Crippen molar-refractivity contribution in [2.24, 2.45) is 0 Å². The number of nitrogens with one attached hydrogen (secondary N) is 1. The van der Waals surface area contributed by atoms with Crippen LogP contribution in [0.15, 0.2) is 36.9 Å². The fourth-order valence-electron chi connectivity index (χ4n) is 1.18. The number of anilines is 2. The molecule has 0 aliphatic heterocycles. The highest BCUT2D eigenvalue weighted by atomic mass is 16.5. The summed E-state index contributed by atoms with van der Waals surface area (Å²) in [4.78, 5) is 0. The minimum Gasteiger partial charge on any atom is -0.397 e. The van der Waals surface area contributed by atoms with E-state index in [0.29, 0.717) is 6.61 Å². The Balaban J connectivity index is 2.15. The highest BCUT2D eigenvalue weighted by Crippen LogP contribution is 2.15. The van der Waals surface area contributed by atoms with E-state index in [0.717, 1.165) is 30.9 Å². The van der Waals surface area contributed by atoms with Crippen molar-refractivity contribution in [3.63, 3.8) is 0 Å². The fraction of sp³-hybridized carbons (Fsp3) is 0.333. The van der Waals surface area contributed by atoms with E-state index in [9.17, 15) is 0 Å². The summed E-state index contributed by atoms with van der Waals surface area (Å²) in [5, 5.41) is 3.21. The standard InChI is InChI=1S/C12H18N2O/c1-2-3-9-15-10-8-14-12-7-5-4-6-11(12)13/h2,4-7,14H,1,3,8-10,13H2. The van der Waals surface area contributed by atoms with Crippen LogP contribution in [0.2, 0.25) is 0 Å². The predicted octanol–water partition coefficient (Wildman–Crippen LogP) is 2.27. The molecule has 1 aromatic rings. The second kappa shape index (κ2) is 6.90. The SMILES string of the molecule is C=CCCOCCNc1ccccc1N. The van der Waals surface area contributed by atoms with Gasteiger partial charge in [0.1, 0.15) is 0 Å². The second-order valence-electron chi connectivity index (χ2n) is 3.20. The zero-order valence-electron chi connectivity index (χ0n) is 8.91. The van der Waals surface area contributed by atoms with E-state index >= 15 is 0 Å². The Morgan fingerprint density at radius 1 is 1.33 bits per heavy atom. The Morgan fingerprint density at radius 3 is 2.87 bits per heavy atom. The molecule has 3 heteroatoms. The van der Waals surface area contributed by atoms with Crippen LogP contribution in [0.3, 0.4) is 0 Å². The Labute approximate surface area is 90.9 Å². The van der Waals surface area contributed by atoms with Crippen LogP contribution < -0.4 is 11.1 Å². The zero-order chi connectivity index (χ0) is 10.9. The Hall–Kier alpha value is -1.48. The van der Waals surface area contributed by atoms with Gasteiger partial charge in [0.05, 0.1) is 24.6 Å². The minimum absolute atomic E-state index is 0.683. The first-order chi connectivity index (χ1) is 7.34. The van der Waals surface area contributed by atoms with E-state index in [1.165, 1.54) is 0 Å². The number of nitrogens with two attached hydrogens (primary N) is 1. The van der Waals surface area contributed by atoms with E-state index in [4.69, 9.17) is 10.5 Å². The van der Waals surface area contributed by atoms with Gasteiger partial charge in [0.2, 0.25) is 0 Å². The second-order valence-corrected chi connectivity index (χ2v) is 3.20. The van der Waals surface area contributed by atoms with Crippen molar-refractivity contribution in [2.75, 3.05) is 30.8 Å². The molecule has 3 N–H and O–H groups in total. The summed E-state index contributed by atoms with van der Waals surface area (Å²) < 4.78 is 5.36. The molecule has 1 rings (SSSR count). The van der Waals surface area contributed by atoms with Gasteiger partial charge in [0.25, 0.3) is 0 Å². The first-order valence-electron chi connectivity index (χ1n) is 5.11. The van der Waals surface area contributed by atoms with Gasteiger partial charge in [-0.3, -0.25) is 0 Å². The lowest BCUT2D eigenvalue weighted by Gasteiger charge is -2.08. The maximum atomic E-state index is 5.77. The molecule has 0 aromatic heterocycles. The molecular weight excluding hydrogens is 188 g/mol. The molecule has 0 amide bonds. The maximum Gasteiger partial charge on any atom is 0.0639 e. The number of rotatable bonds is 7. The van der Waals surface area contributed by atoms with Crippen LogP contribution in [0.25, 0.3) is 0 Å². The van der Waals surface area contributed by atoms with Crippen LogP contribution in [-0.4, -0.2) is 19.8 Å². The van der Waals surface area contributed by atoms with Crippen LogP contribution >= 0.6 is 0 Å². The minimum atomic E-state index is 0.683. The highest BCUT2D eigenvalue weighted by Gasteiger charge is 1.95. The third-order valence-electron chi connectivity index (χ3n) is 1.99. The molecule has 0 unspecified atom stereocenters. The number of hydrogen-bond acceptors (Lipinski definition) is 3. The quantitative estimate of drug-likeness (QED) is 0.409. The largest absolute Gasteiger partial charge is 0.397 e. The monoisotopic (exact) mass is 206 g/mol. The van der Waals surface area contributed by atoms with Gasteiger partial charge >= 0.3 is 0 Å². The van der Waals surface area contributed by atoms with Crippen molar-refractivity contribution in [3.05, 3.63) is 36.9 Å². The van der Waals surface area contributed by atoms with Gasteiger partial charge in [-0.15, -0.1) is 6.58 Å². The Bertz CT molecular complexity index is 299. The molecule has 0 radical (unpaired) electrons. The molecule has 1 aromatic carbocycles. The number of ether oxygens (including phenoxy) is 1. The van der Waals surface area contributed by atoms with Gasteiger partial charge in [-0.05, 0) is 18.6 Å². The molecule has 0 spiro atoms. The first kappa shape index (κ1) is 11.6. The molecule has 0 saturated heterocycles. The molecule has 3 nitrogen and oxygen atoms in total. The number of nitrogen functional groups attached to an aromatic ring is 1. The lowest BCUT2D eigenvalue weighted by atomic mass is 10.3. The third kappa shape index (κ3) is 4.51. The van der Waals surface area contributed by atoms with Crippen LogP contribution in [0.4, 0.5) is 11.4 Å². The first-order valence-corrected chi connectivity index (χ1v) is 5.11. The normalized spacial score (nSPS) is 9.87. The topological polar surface area (TPSA) is 47.3 Å². The van der Waals surface area contributed by atoms with Crippen molar-refractivity contribution < 1.29 is 4.74 Å². The van der Waals surface area contributed by atoms with Crippen molar-refractivity contribution in [1.29, 1.82) is 0 Å². The fourth-order valence-corrected chi connectivity index (χ4v) is 1.18. The average Bonchev–Trinajstić information content (AvgIpc) is 2.25. The Morgan fingerprint density at radius 2 is 2.13 bits per heavy atom. The smallest absolute Gasteiger partial charge is 0.0639 e. The number of benzene rings is 1. The van der Waals surface area contributed by atoms with Gasteiger partial charge in [-0.1, -0.05) is 18.2 Å². The number of hydrogen-bond donors (Lipinski definition) is 2. The molecule has 82 valence electrons. The van der Waals surface area contributed by atoms with E-state index < -0.39 is 0 Å². The van der Waals surface area contributed by atoms with Crippen LogP contribution in [0.1, 0.15) is 6.42 Å². The van der Waals surface area contributed by atoms with Gasteiger partial charge < -0.3 is 15.8 Å². The maximum absolute atomic E-state index is 5.77. The summed E-state index contributed by atoms with van der Waals surface area (Å²) in [6, 6.07) is 7.71. The number of para-hydroxylation sites is 2. The molecule has 0 aliphatic carbocycles. The lowest BCUT2D eigenvalue weighted by Crippen LogP contribution is -2.10. The molecule has 0 saturated carbocycles. The van der Waals surface area contributed by atoms with E-state index in [1.807, 2.05) is 30.3 Å². The third-order valence-corrected chi connectivity index (χ3v) is 1.99. The summed E-state index contributed by atoms with van der Waals surface area (Å²) in [7, 11) is 0.